The lowest BCUT2D eigenvalue weighted by atomic mass is 9.98. The predicted octanol–water partition coefficient (Wildman–Crippen LogP) is -7.01. The third-order valence-electron chi connectivity index (χ3n) is 3.90. The van der Waals surface area contributed by atoms with E-state index < -0.39 is 85.9 Å². The van der Waals surface area contributed by atoms with Gasteiger partial charge in [0.25, 0.3) is 11.4 Å². The van der Waals surface area contributed by atoms with Gasteiger partial charge >= 0.3 is 0 Å². The Hall–Kier alpha value is -0.740. The topological polar surface area (TPSA) is 307 Å². The first-order valence-electron chi connectivity index (χ1n) is 8.09. The Morgan fingerprint density at radius 3 is 1.13 bits per heavy atom. The second-order valence-corrected chi connectivity index (χ2v) is 6.30. The highest BCUT2D eigenvalue weighted by atomic mass is 32.2. The lowest BCUT2D eigenvalue weighted by molar-refractivity contribution is -0.248. The van der Waals surface area contributed by atoms with Crippen molar-refractivity contribution in [2.24, 2.45) is 11.5 Å². The summed E-state index contributed by atoms with van der Waals surface area (Å²) in [7, 11) is 0. The number of nitrogens with two attached hydrogens (primary N) is 2. The molecule has 14 N–H and O–H groups in total. The van der Waals surface area contributed by atoms with Crippen molar-refractivity contribution in [2.45, 2.75) is 61.3 Å². The molecular formula is C13H30N2O14S. The van der Waals surface area contributed by atoms with Crippen molar-refractivity contribution in [3.8, 4) is 0 Å². The van der Waals surface area contributed by atoms with Crippen molar-refractivity contribution in [1.29, 1.82) is 0 Å². The van der Waals surface area contributed by atoms with E-state index in [0.717, 1.165) is 0 Å². The number of aliphatic hydroxyl groups is 8. The molecule has 0 amide bonds. The number of carbonyl (C=O) groups excluding carboxylic acids is 1. The number of aliphatic hydroxyl groups excluding tert-OH is 8. The standard InChI is InChI=1S/2C6H13NO5.CH2O.H2O3S/c2*7-3-5(10)4(9)2(1-8)12-6(3)11;1-2;1-4(2)3/h2*2-6,8-11H,1,7H2;1H2;(H2,1,2,3)/t2*2-,3-,4-,5-,6-;;/m11../s1. The molecule has 2 aliphatic heterocycles. The Morgan fingerprint density at radius 1 is 0.700 bits per heavy atom. The van der Waals surface area contributed by atoms with Crippen LogP contribution in [0.15, 0.2) is 0 Å². The van der Waals surface area contributed by atoms with Crippen molar-refractivity contribution in [3.05, 3.63) is 0 Å². The first-order valence-corrected chi connectivity index (χ1v) is 9.16. The maximum absolute atomic E-state index is 9.20. The highest BCUT2D eigenvalue weighted by Gasteiger charge is 2.42. The lowest BCUT2D eigenvalue weighted by Gasteiger charge is -2.38. The molecule has 10 atom stereocenters. The Bertz CT molecular complexity index is 432. The molecule has 2 aliphatic rings. The van der Waals surface area contributed by atoms with Crippen LogP contribution in [0.5, 0.6) is 0 Å². The number of hydrogen-bond donors (Lipinski definition) is 12. The quantitative estimate of drug-likeness (QED) is 0.167. The van der Waals surface area contributed by atoms with E-state index >= 15 is 0 Å². The molecule has 0 radical (unpaired) electrons. The minimum Gasteiger partial charge on any atom is -0.394 e. The van der Waals surface area contributed by atoms with E-state index in [1.54, 1.807) is 0 Å². The second-order valence-electron chi connectivity index (χ2n) is 5.84. The van der Waals surface area contributed by atoms with Crippen LogP contribution in [-0.4, -0.2) is 135 Å². The van der Waals surface area contributed by atoms with E-state index in [0.29, 0.717) is 0 Å². The summed E-state index contributed by atoms with van der Waals surface area (Å²) in [5, 5.41) is 72.1. The average molecular weight is 470 g/mol. The van der Waals surface area contributed by atoms with Gasteiger partial charge in [-0.05, 0) is 0 Å². The van der Waals surface area contributed by atoms with Gasteiger partial charge in [0.2, 0.25) is 0 Å². The van der Waals surface area contributed by atoms with Crippen LogP contribution in [0.25, 0.3) is 0 Å². The van der Waals surface area contributed by atoms with Crippen LogP contribution in [0.1, 0.15) is 0 Å². The molecule has 0 spiro atoms. The molecular weight excluding hydrogens is 440 g/mol. The molecule has 0 aliphatic carbocycles. The molecule has 182 valence electrons. The van der Waals surface area contributed by atoms with Gasteiger partial charge in [0, 0.05) is 0 Å². The van der Waals surface area contributed by atoms with Gasteiger partial charge < -0.3 is 66.6 Å². The van der Waals surface area contributed by atoms with Crippen LogP contribution in [-0.2, 0) is 25.6 Å². The fraction of sp³-hybridized carbons (Fsp3) is 0.923. The zero-order valence-corrected chi connectivity index (χ0v) is 16.4. The number of carbonyl (C=O) groups is 1. The third-order valence-corrected chi connectivity index (χ3v) is 3.90. The summed E-state index contributed by atoms with van der Waals surface area (Å²) in [6, 6.07) is -2.08. The lowest BCUT2D eigenvalue weighted by Crippen LogP contribution is -2.61. The van der Waals surface area contributed by atoms with Gasteiger partial charge in [-0.2, -0.15) is 4.21 Å². The van der Waals surface area contributed by atoms with Crippen LogP contribution in [0.2, 0.25) is 0 Å². The van der Waals surface area contributed by atoms with Crippen LogP contribution in [0.4, 0.5) is 0 Å². The molecule has 2 heterocycles. The summed E-state index contributed by atoms with van der Waals surface area (Å²) in [4.78, 5) is 8.00. The third kappa shape index (κ3) is 10.0. The summed E-state index contributed by atoms with van der Waals surface area (Å²) >= 11 is -2.61. The highest BCUT2D eigenvalue weighted by molar-refractivity contribution is 7.73. The molecule has 30 heavy (non-hydrogen) atoms. The van der Waals surface area contributed by atoms with Crippen LogP contribution in [0.3, 0.4) is 0 Å². The van der Waals surface area contributed by atoms with Crippen molar-refractivity contribution in [1.82, 2.24) is 0 Å². The SMILES string of the molecule is C=O.N[C@@H]1[C@@H](O)[C@H](O)[C@@H](CO)O[C@H]1O.N[C@@H]1[C@@H](O)[C@H](O)[C@@H](CO)O[C@H]1O.O=S(O)O. The minimum atomic E-state index is -2.61. The zero-order valence-electron chi connectivity index (χ0n) is 15.6. The van der Waals surface area contributed by atoms with E-state index in [1.807, 2.05) is 6.79 Å². The van der Waals surface area contributed by atoms with E-state index in [9.17, 15) is 20.4 Å². The Morgan fingerprint density at radius 2 is 0.933 bits per heavy atom. The van der Waals surface area contributed by atoms with Gasteiger partial charge in [-0.3, -0.25) is 9.11 Å². The van der Waals surface area contributed by atoms with E-state index in [1.165, 1.54) is 0 Å². The monoisotopic (exact) mass is 470 g/mol. The maximum Gasteiger partial charge on any atom is 0.299 e. The average Bonchev–Trinajstić information content (AvgIpc) is 2.71. The molecule has 0 aromatic heterocycles. The predicted molar refractivity (Wildman–Crippen MR) is 96.4 cm³/mol. The summed E-state index contributed by atoms with van der Waals surface area (Å²) in [6.07, 6.45) is -9.70. The smallest absolute Gasteiger partial charge is 0.299 e. The molecule has 2 saturated heterocycles. The van der Waals surface area contributed by atoms with Gasteiger partial charge in [-0.25, -0.2) is 0 Å². The van der Waals surface area contributed by atoms with Gasteiger partial charge in [0.1, 0.15) is 43.4 Å². The molecule has 0 bridgehead atoms. The number of ether oxygens (including phenoxy) is 2. The van der Waals surface area contributed by atoms with Crippen LogP contribution in [0, 0.1) is 0 Å². The van der Waals surface area contributed by atoms with Crippen LogP contribution >= 0.6 is 0 Å². The molecule has 17 heteroatoms. The largest absolute Gasteiger partial charge is 0.394 e. The van der Waals surface area contributed by atoms with Crippen LogP contribution < -0.4 is 11.5 Å². The van der Waals surface area contributed by atoms with E-state index in [2.05, 4.69) is 0 Å². The highest BCUT2D eigenvalue weighted by Crippen LogP contribution is 2.18. The van der Waals surface area contributed by atoms with Gasteiger partial charge in [-0.15, -0.1) is 0 Å². The zero-order chi connectivity index (χ0) is 24.2. The first-order chi connectivity index (χ1) is 13.9. The maximum atomic E-state index is 9.20. The Labute approximate surface area is 173 Å². The normalized spacial score (nSPS) is 40.7. The molecule has 2 fully saturated rings. The summed E-state index contributed by atoms with van der Waals surface area (Å²) in [5.74, 6) is 0. The molecule has 2 rings (SSSR count). The number of hydrogen-bond acceptors (Lipinski definition) is 14. The van der Waals surface area contributed by atoms with Crippen molar-refractivity contribution in [3.63, 3.8) is 0 Å². The summed E-state index contributed by atoms with van der Waals surface area (Å²) < 4.78 is 32.2. The van der Waals surface area contributed by atoms with Gasteiger partial charge in [-0.1, -0.05) is 0 Å². The van der Waals surface area contributed by atoms with Gasteiger partial charge in [0.15, 0.2) is 12.6 Å². The molecule has 0 aromatic rings. The summed E-state index contributed by atoms with van der Waals surface area (Å²) in [6.45, 7) is 1.06. The van der Waals surface area contributed by atoms with Crippen molar-refractivity contribution < 1.29 is 68.4 Å². The van der Waals surface area contributed by atoms with E-state index in [4.69, 9.17) is 59.5 Å². The second kappa shape index (κ2) is 16.0. The molecule has 0 unspecified atom stereocenters. The first kappa shape index (κ1) is 31.4. The summed E-state index contributed by atoms with van der Waals surface area (Å²) in [5.41, 5.74) is 10.5. The fourth-order valence-electron chi connectivity index (χ4n) is 2.24. The fourth-order valence-corrected chi connectivity index (χ4v) is 2.24. The van der Waals surface area contributed by atoms with Crippen molar-refractivity contribution in [2.75, 3.05) is 13.2 Å². The minimum absolute atomic E-state index is 0.470. The molecule has 0 aromatic carbocycles. The van der Waals surface area contributed by atoms with E-state index in [-0.39, 0.29) is 0 Å². The Kier molecular flexibility index (Phi) is 16.7. The number of rotatable bonds is 2. The van der Waals surface area contributed by atoms with Crippen molar-refractivity contribution >= 4 is 18.2 Å². The van der Waals surface area contributed by atoms with Gasteiger partial charge in [0.05, 0.1) is 25.3 Å². The Balaban J connectivity index is 0. The molecule has 0 saturated carbocycles. The molecule has 16 nitrogen and oxygen atoms in total.